The smallest absolute Gasteiger partial charge is 0.193 e. The number of aliphatic imine (C=N–C) groups is 1. The van der Waals surface area contributed by atoms with Crippen LogP contribution in [0.25, 0.3) is 11.0 Å². The van der Waals surface area contributed by atoms with Gasteiger partial charge in [0, 0.05) is 33.1 Å². The van der Waals surface area contributed by atoms with Gasteiger partial charge < -0.3 is 15.2 Å². The molecule has 1 unspecified atom stereocenters. The second-order valence-corrected chi connectivity index (χ2v) is 7.51. The van der Waals surface area contributed by atoms with Crippen molar-refractivity contribution in [3.63, 3.8) is 0 Å². The number of nitrogens with zero attached hydrogens (tertiary/aromatic N) is 3. The fraction of sp³-hybridized carbons (Fsp3) is 0.600. The zero-order valence-corrected chi connectivity index (χ0v) is 15.8. The number of likely N-dealkylation sites (tertiary alicyclic amines) is 1. The van der Waals surface area contributed by atoms with Crippen LogP contribution < -0.4 is 5.32 Å². The van der Waals surface area contributed by atoms with Gasteiger partial charge in [0.1, 0.15) is 5.82 Å². The summed E-state index contributed by atoms with van der Waals surface area (Å²) in [4.78, 5) is 14.9. The van der Waals surface area contributed by atoms with Gasteiger partial charge in [0.05, 0.1) is 11.0 Å². The summed E-state index contributed by atoms with van der Waals surface area (Å²) in [5.41, 5.74) is 2.17. The number of nitrogens with one attached hydrogen (secondary N) is 2. The third-order valence-corrected chi connectivity index (χ3v) is 4.91. The van der Waals surface area contributed by atoms with Crippen LogP contribution in [-0.2, 0) is 6.42 Å². The first-order valence-electron chi connectivity index (χ1n) is 9.55. The Morgan fingerprint density at radius 3 is 3.00 bits per heavy atom. The summed E-state index contributed by atoms with van der Waals surface area (Å²) >= 11 is 0. The molecule has 0 bridgehead atoms. The zero-order valence-electron chi connectivity index (χ0n) is 15.8. The van der Waals surface area contributed by atoms with E-state index in [2.05, 4.69) is 51.2 Å². The Morgan fingerprint density at radius 2 is 2.24 bits per heavy atom. The summed E-state index contributed by atoms with van der Waals surface area (Å²) in [5.74, 6) is 3.71. The maximum atomic E-state index is 4.64. The molecule has 0 saturated carbocycles. The molecule has 1 aromatic heterocycles. The zero-order chi connectivity index (χ0) is 17.6. The van der Waals surface area contributed by atoms with Crippen molar-refractivity contribution in [2.24, 2.45) is 16.8 Å². The molecule has 5 heteroatoms. The van der Waals surface area contributed by atoms with Gasteiger partial charge in [-0.25, -0.2) is 4.98 Å². The highest BCUT2D eigenvalue weighted by Gasteiger charge is 2.25. The van der Waals surface area contributed by atoms with Crippen molar-refractivity contribution in [3.05, 3.63) is 30.1 Å². The molecule has 1 aliphatic rings. The van der Waals surface area contributed by atoms with Crippen molar-refractivity contribution in [2.75, 3.05) is 26.7 Å². The predicted molar refractivity (Wildman–Crippen MR) is 105 cm³/mol. The molecule has 2 heterocycles. The summed E-state index contributed by atoms with van der Waals surface area (Å²) in [6.07, 6.45) is 4.61. The van der Waals surface area contributed by atoms with Crippen LogP contribution in [0.15, 0.2) is 29.3 Å². The van der Waals surface area contributed by atoms with Crippen molar-refractivity contribution in [3.8, 4) is 0 Å². The summed E-state index contributed by atoms with van der Waals surface area (Å²) in [5, 5.41) is 3.52. The monoisotopic (exact) mass is 341 g/mol. The Hall–Kier alpha value is -2.04. The molecule has 1 atom stereocenters. The number of guanidine groups is 1. The first-order valence-corrected chi connectivity index (χ1v) is 9.55. The average Bonchev–Trinajstić information content (AvgIpc) is 3.20. The van der Waals surface area contributed by atoms with Crippen LogP contribution in [0.1, 0.15) is 38.9 Å². The van der Waals surface area contributed by atoms with Gasteiger partial charge in [0.25, 0.3) is 0 Å². The quantitative estimate of drug-likeness (QED) is 0.481. The fourth-order valence-corrected chi connectivity index (χ4v) is 3.80. The van der Waals surface area contributed by atoms with E-state index >= 15 is 0 Å². The number of fused-ring (bicyclic) bond motifs is 1. The fourth-order valence-electron chi connectivity index (χ4n) is 3.80. The van der Waals surface area contributed by atoms with Gasteiger partial charge in [0.2, 0.25) is 0 Å². The van der Waals surface area contributed by atoms with E-state index in [0.29, 0.717) is 0 Å². The molecule has 1 saturated heterocycles. The minimum Gasteiger partial charge on any atom is -0.356 e. The second-order valence-electron chi connectivity index (χ2n) is 7.51. The maximum Gasteiger partial charge on any atom is 0.193 e. The lowest BCUT2D eigenvalue weighted by Gasteiger charge is -2.22. The van der Waals surface area contributed by atoms with E-state index in [9.17, 15) is 0 Å². The van der Waals surface area contributed by atoms with Crippen LogP contribution in [0.5, 0.6) is 0 Å². The van der Waals surface area contributed by atoms with E-state index < -0.39 is 0 Å². The summed E-state index contributed by atoms with van der Waals surface area (Å²) in [6, 6.07) is 8.20. The van der Waals surface area contributed by atoms with Crippen LogP contribution >= 0.6 is 0 Å². The number of aromatic nitrogens is 2. The van der Waals surface area contributed by atoms with E-state index in [4.69, 9.17) is 0 Å². The van der Waals surface area contributed by atoms with E-state index in [1.54, 1.807) is 0 Å². The Balaban J connectivity index is 1.43. The molecule has 2 N–H and O–H groups in total. The highest BCUT2D eigenvalue weighted by atomic mass is 15.3. The number of para-hydroxylation sites is 2. The molecule has 5 nitrogen and oxygen atoms in total. The van der Waals surface area contributed by atoms with Gasteiger partial charge in [-0.3, -0.25) is 4.99 Å². The number of hydrogen-bond donors (Lipinski definition) is 2. The third kappa shape index (κ3) is 4.74. The summed E-state index contributed by atoms with van der Waals surface area (Å²) < 4.78 is 0. The number of aryl methyl sites for hydroxylation is 1. The van der Waals surface area contributed by atoms with Gasteiger partial charge in [-0.15, -0.1) is 0 Å². The third-order valence-electron chi connectivity index (χ3n) is 4.91. The minimum absolute atomic E-state index is 0.781. The highest BCUT2D eigenvalue weighted by Crippen LogP contribution is 2.23. The minimum atomic E-state index is 0.781. The van der Waals surface area contributed by atoms with Gasteiger partial charge >= 0.3 is 0 Å². The molecule has 1 aliphatic heterocycles. The lowest BCUT2D eigenvalue weighted by atomic mass is 9.97. The number of imidazole rings is 1. The molecule has 0 aliphatic carbocycles. The van der Waals surface area contributed by atoms with E-state index in [1.165, 1.54) is 12.8 Å². The molecular formula is C20H31N5. The van der Waals surface area contributed by atoms with E-state index in [1.807, 2.05) is 19.2 Å². The normalized spacial score (nSPS) is 18.5. The van der Waals surface area contributed by atoms with Gasteiger partial charge in [-0.1, -0.05) is 26.0 Å². The molecule has 0 radical (unpaired) electrons. The highest BCUT2D eigenvalue weighted by molar-refractivity contribution is 5.80. The Kier molecular flexibility index (Phi) is 5.95. The van der Waals surface area contributed by atoms with Crippen LogP contribution in [0.2, 0.25) is 0 Å². The first-order chi connectivity index (χ1) is 12.2. The van der Waals surface area contributed by atoms with Crippen molar-refractivity contribution < 1.29 is 0 Å². The summed E-state index contributed by atoms with van der Waals surface area (Å²) in [7, 11) is 1.89. The number of rotatable bonds is 6. The molecule has 3 rings (SSSR count). The van der Waals surface area contributed by atoms with Crippen LogP contribution in [0.3, 0.4) is 0 Å². The van der Waals surface area contributed by atoms with E-state index in [-0.39, 0.29) is 0 Å². The largest absolute Gasteiger partial charge is 0.356 e. The van der Waals surface area contributed by atoms with Crippen molar-refractivity contribution in [1.29, 1.82) is 0 Å². The topological polar surface area (TPSA) is 56.3 Å². The van der Waals surface area contributed by atoms with Crippen molar-refractivity contribution in [1.82, 2.24) is 20.2 Å². The Morgan fingerprint density at radius 1 is 1.40 bits per heavy atom. The average molecular weight is 342 g/mol. The number of benzene rings is 1. The van der Waals surface area contributed by atoms with Crippen molar-refractivity contribution >= 4 is 17.0 Å². The number of hydrogen-bond acceptors (Lipinski definition) is 2. The molecule has 25 heavy (non-hydrogen) atoms. The molecule has 1 fully saturated rings. The molecule has 136 valence electrons. The lowest BCUT2D eigenvalue weighted by Crippen LogP contribution is -2.40. The van der Waals surface area contributed by atoms with E-state index in [0.717, 1.165) is 67.1 Å². The maximum absolute atomic E-state index is 4.64. The molecule has 0 spiro atoms. The van der Waals surface area contributed by atoms with Crippen LogP contribution in [0, 0.1) is 11.8 Å². The predicted octanol–water partition coefficient (Wildman–Crippen LogP) is 3.44. The number of H-pyrrole nitrogens is 1. The second kappa shape index (κ2) is 8.37. The lowest BCUT2D eigenvalue weighted by molar-refractivity contribution is 0.403. The number of aromatic amines is 1. The summed E-state index contributed by atoms with van der Waals surface area (Å²) in [6.45, 7) is 7.82. The molecular weight excluding hydrogens is 310 g/mol. The Bertz CT molecular complexity index is 670. The van der Waals surface area contributed by atoms with Gasteiger partial charge in [-0.05, 0) is 43.2 Å². The van der Waals surface area contributed by atoms with Crippen molar-refractivity contribution in [2.45, 2.75) is 39.5 Å². The van der Waals surface area contributed by atoms with Gasteiger partial charge in [-0.2, -0.15) is 0 Å². The van der Waals surface area contributed by atoms with Crippen LogP contribution in [0.4, 0.5) is 0 Å². The molecule has 1 aromatic carbocycles. The Labute approximate surface area is 150 Å². The standard InChI is InChI=1S/C20H31N5/c1-15(2)13-16-10-12-25(14-16)20(21-3)22-11-6-9-19-23-17-7-4-5-8-18(17)24-19/h4-5,7-8,15-16H,6,9-14H2,1-3H3,(H,21,22)(H,23,24). The molecule has 2 aromatic rings. The van der Waals surface area contributed by atoms with Crippen LogP contribution in [-0.4, -0.2) is 47.5 Å². The molecule has 0 amide bonds. The first kappa shape index (κ1) is 17.8. The SMILES string of the molecule is CN=C(NCCCc1nc2ccccc2[nH]1)N1CCC(CC(C)C)C1. The van der Waals surface area contributed by atoms with Gasteiger partial charge in [0.15, 0.2) is 5.96 Å².